The van der Waals surface area contributed by atoms with Gasteiger partial charge in [0, 0.05) is 36.9 Å². The number of fused-ring (bicyclic) bond motifs is 1. The Balaban J connectivity index is 1.73. The third kappa shape index (κ3) is 3.43. The van der Waals surface area contributed by atoms with Gasteiger partial charge in [-0.3, -0.25) is 4.79 Å². The fourth-order valence-electron chi connectivity index (χ4n) is 3.79. The SMILES string of the molecule is CN(C)c1nc2c(s1)[C@H](c1ccccc1OC1CCCC1)CC(=O)NC2. The molecular formula is C20H25N3O2S. The van der Waals surface area contributed by atoms with Crippen LogP contribution in [0.15, 0.2) is 24.3 Å². The summed E-state index contributed by atoms with van der Waals surface area (Å²) in [6.45, 7) is 0.501. The lowest BCUT2D eigenvalue weighted by atomic mass is 9.92. The number of anilines is 1. The van der Waals surface area contributed by atoms with E-state index in [0.29, 0.717) is 19.1 Å². The van der Waals surface area contributed by atoms with E-state index in [2.05, 4.69) is 11.4 Å². The van der Waals surface area contributed by atoms with Crippen molar-refractivity contribution in [2.75, 3.05) is 19.0 Å². The molecule has 0 radical (unpaired) electrons. The van der Waals surface area contributed by atoms with Crippen LogP contribution in [-0.2, 0) is 11.3 Å². The van der Waals surface area contributed by atoms with Crippen molar-refractivity contribution in [1.29, 1.82) is 0 Å². The molecule has 1 aromatic carbocycles. The Labute approximate surface area is 158 Å². The number of hydrogen-bond acceptors (Lipinski definition) is 5. The minimum absolute atomic E-state index is 0.00342. The maximum absolute atomic E-state index is 12.3. The molecule has 0 bridgehead atoms. The van der Waals surface area contributed by atoms with Gasteiger partial charge in [-0.25, -0.2) is 4.98 Å². The van der Waals surface area contributed by atoms with Crippen LogP contribution in [0.3, 0.4) is 0 Å². The summed E-state index contributed by atoms with van der Waals surface area (Å²) in [7, 11) is 4.01. The van der Waals surface area contributed by atoms with Gasteiger partial charge in [0.05, 0.1) is 18.3 Å². The Hall–Kier alpha value is -2.08. The molecule has 1 fully saturated rings. The number of thiazole rings is 1. The fourth-order valence-corrected chi connectivity index (χ4v) is 4.91. The lowest BCUT2D eigenvalue weighted by Crippen LogP contribution is -2.22. The second-order valence-corrected chi connectivity index (χ2v) is 8.31. The van der Waals surface area contributed by atoms with Crippen molar-refractivity contribution in [3.63, 3.8) is 0 Å². The van der Waals surface area contributed by atoms with Crippen molar-refractivity contribution in [3.8, 4) is 5.75 Å². The van der Waals surface area contributed by atoms with Gasteiger partial charge in [-0.05, 0) is 31.7 Å². The Bertz CT molecular complexity index is 796. The molecule has 4 rings (SSSR count). The van der Waals surface area contributed by atoms with E-state index < -0.39 is 0 Å². The van der Waals surface area contributed by atoms with Crippen LogP contribution in [0.2, 0.25) is 0 Å². The summed E-state index contributed by atoms with van der Waals surface area (Å²) in [5, 5.41) is 3.97. The zero-order valence-corrected chi connectivity index (χ0v) is 16.1. The minimum Gasteiger partial charge on any atom is -0.490 e. The van der Waals surface area contributed by atoms with Gasteiger partial charge >= 0.3 is 0 Å². The molecular weight excluding hydrogens is 346 g/mol. The first kappa shape index (κ1) is 17.3. The van der Waals surface area contributed by atoms with Gasteiger partial charge in [-0.1, -0.05) is 18.2 Å². The molecule has 0 spiro atoms. The monoisotopic (exact) mass is 371 g/mol. The number of hydrogen-bond donors (Lipinski definition) is 1. The number of carbonyl (C=O) groups excluding carboxylic acids is 1. The number of ether oxygens (including phenoxy) is 1. The number of amides is 1. The molecule has 0 saturated heterocycles. The van der Waals surface area contributed by atoms with E-state index in [9.17, 15) is 4.79 Å². The van der Waals surface area contributed by atoms with Crippen molar-refractivity contribution < 1.29 is 9.53 Å². The average Bonchev–Trinajstić information content (AvgIpc) is 3.26. The molecule has 2 aliphatic rings. The zero-order chi connectivity index (χ0) is 18.1. The van der Waals surface area contributed by atoms with Crippen molar-refractivity contribution in [3.05, 3.63) is 40.4 Å². The highest BCUT2D eigenvalue weighted by atomic mass is 32.1. The summed E-state index contributed by atoms with van der Waals surface area (Å²) in [6.07, 6.45) is 5.46. The summed E-state index contributed by atoms with van der Waals surface area (Å²) in [5.74, 6) is 0.989. The van der Waals surface area contributed by atoms with E-state index in [1.54, 1.807) is 11.3 Å². The van der Waals surface area contributed by atoms with Crippen LogP contribution in [0.1, 0.15) is 54.2 Å². The molecule has 1 N–H and O–H groups in total. The predicted molar refractivity (Wildman–Crippen MR) is 104 cm³/mol. The summed E-state index contributed by atoms with van der Waals surface area (Å²) in [4.78, 5) is 20.3. The number of nitrogens with zero attached hydrogens (tertiary/aromatic N) is 2. The zero-order valence-electron chi connectivity index (χ0n) is 15.3. The van der Waals surface area contributed by atoms with Gasteiger partial charge in [0.1, 0.15) is 5.75 Å². The summed E-state index contributed by atoms with van der Waals surface area (Å²) >= 11 is 1.68. The molecule has 0 unspecified atom stereocenters. The van der Waals surface area contributed by atoms with Crippen LogP contribution in [0.4, 0.5) is 5.13 Å². The topological polar surface area (TPSA) is 54.5 Å². The third-order valence-electron chi connectivity index (χ3n) is 5.15. The molecule has 1 atom stereocenters. The normalized spacial score (nSPS) is 20.4. The van der Waals surface area contributed by atoms with E-state index in [1.807, 2.05) is 37.2 Å². The van der Waals surface area contributed by atoms with Crippen LogP contribution >= 0.6 is 11.3 Å². The first-order valence-corrected chi connectivity index (χ1v) is 10.1. The highest BCUT2D eigenvalue weighted by Crippen LogP contribution is 2.42. The smallest absolute Gasteiger partial charge is 0.221 e. The number of nitrogens with one attached hydrogen (secondary N) is 1. The Morgan fingerprint density at radius 3 is 2.77 bits per heavy atom. The quantitative estimate of drug-likeness (QED) is 0.891. The highest BCUT2D eigenvalue weighted by molar-refractivity contribution is 7.15. The largest absolute Gasteiger partial charge is 0.490 e. The molecule has 6 heteroatoms. The average molecular weight is 372 g/mol. The lowest BCUT2D eigenvalue weighted by Gasteiger charge is -2.21. The fraction of sp³-hybridized carbons (Fsp3) is 0.500. The second-order valence-electron chi connectivity index (χ2n) is 7.30. The van der Waals surface area contributed by atoms with E-state index in [-0.39, 0.29) is 11.8 Å². The first-order valence-electron chi connectivity index (χ1n) is 9.31. The Morgan fingerprint density at radius 2 is 2.00 bits per heavy atom. The Kier molecular flexibility index (Phi) is 4.85. The molecule has 1 aromatic heterocycles. The number of carbonyl (C=O) groups is 1. The molecule has 2 aromatic rings. The lowest BCUT2D eigenvalue weighted by molar-refractivity contribution is -0.121. The molecule has 138 valence electrons. The maximum atomic E-state index is 12.3. The molecule has 1 amide bonds. The molecule has 5 nitrogen and oxygen atoms in total. The van der Waals surface area contributed by atoms with Gasteiger partial charge in [0.2, 0.25) is 5.91 Å². The molecule has 1 saturated carbocycles. The van der Waals surface area contributed by atoms with Gasteiger partial charge in [0.25, 0.3) is 0 Å². The molecule has 1 aliphatic heterocycles. The van der Waals surface area contributed by atoms with Gasteiger partial charge in [0.15, 0.2) is 5.13 Å². The number of para-hydroxylation sites is 1. The molecule has 1 aliphatic carbocycles. The minimum atomic E-state index is -0.00342. The number of aromatic nitrogens is 1. The first-order chi connectivity index (χ1) is 12.6. The van der Waals surface area contributed by atoms with Gasteiger partial charge in [-0.15, -0.1) is 11.3 Å². The molecule has 26 heavy (non-hydrogen) atoms. The van der Waals surface area contributed by atoms with E-state index in [1.165, 1.54) is 17.7 Å². The van der Waals surface area contributed by atoms with E-state index >= 15 is 0 Å². The second kappa shape index (κ2) is 7.27. The number of benzene rings is 1. The van der Waals surface area contributed by atoms with Crippen LogP contribution in [-0.4, -0.2) is 31.1 Å². The number of rotatable bonds is 4. The van der Waals surface area contributed by atoms with E-state index in [0.717, 1.165) is 35.0 Å². The van der Waals surface area contributed by atoms with Gasteiger partial charge < -0.3 is 15.0 Å². The standard InChI is InChI=1S/C20H25N3O2S/c1-23(2)20-22-16-12-21-18(24)11-15(19(16)26-20)14-9-5-6-10-17(14)25-13-7-3-4-8-13/h5-6,9-10,13,15H,3-4,7-8,11-12H2,1-2H3,(H,21,24)/t15-/m0/s1. The van der Waals surface area contributed by atoms with Gasteiger partial charge in [-0.2, -0.15) is 0 Å². The van der Waals surface area contributed by atoms with Crippen molar-refractivity contribution in [2.45, 2.75) is 50.7 Å². The summed E-state index contributed by atoms with van der Waals surface area (Å²) in [6, 6.07) is 8.20. The van der Waals surface area contributed by atoms with Crippen molar-refractivity contribution >= 4 is 22.4 Å². The predicted octanol–water partition coefficient (Wildman–Crippen LogP) is 3.68. The molecule has 2 heterocycles. The Morgan fingerprint density at radius 1 is 1.23 bits per heavy atom. The van der Waals surface area contributed by atoms with Crippen LogP contribution in [0.5, 0.6) is 5.75 Å². The van der Waals surface area contributed by atoms with Crippen molar-refractivity contribution in [2.24, 2.45) is 0 Å². The van der Waals surface area contributed by atoms with Crippen LogP contribution in [0.25, 0.3) is 0 Å². The van der Waals surface area contributed by atoms with Crippen LogP contribution < -0.4 is 15.0 Å². The maximum Gasteiger partial charge on any atom is 0.221 e. The summed E-state index contributed by atoms with van der Waals surface area (Å²) < 4.78 is 6.35. The third-order valence-corrected chi connectivity index (χ3v) is 6.53. The summed E-state index contributed by atoms with van der Waals surface area (Å²) in [5.41, 5.74) is 2.08. The van der Waals surface area contributed by atoms with Crippen LogP contribution in [0, 0.1) is 0 Å². The van der Waals surface area contributed by atoms with Crippen molar-refractivity contribution in [1.82, 2.24) is 10.3 Å². The van der Waals surface area contributed by atoms with E-state index in [4.69, 9.17) is 9.72 Å². The highest BCUT2D eigenvalue weighted by Gasteiger charge is 2.31.